The predicted octanol–water partition coefficient (Wildman–Crippen LogP) is 5.45. The van der Waals surface area contributed by atoms with Crippen molar-refractivity contribution < 1.29 is 58.6 Å². The second kappa shape index (κ2) is 15.0. The van der Waals surface area contributed by atoms with E-state index in [-0.39, 0.29) is 69.2 Å². The second-order valence-corrected chi connectivity index (χ2v) is 15.5. The molecule has 2 aromatic carbocycles. The van der Waals surface area contributed by atoms with Crippen LogP contribution >= 0.6 is 0 Å². The molecular formula is C35H39F7N4O6S. The molecule has 2 aromatic rings. The zero-order valence-electron chi connectivity index (χ0n) is 28.9. The molecule has 3 aliphatic rings. The molecular weight excluding hydrogens is 737 g/mol. The van der Waals surface area contributed by atoms with Gasteiger partial charge in [-0.05, 0) is 99.0 Å². The average molecular weight is 777 g/mol. The first kappa shape index (κ1) is 40.2. The molecule has 0 saturated carbocycles. The number of piperidine rings is 2. The molecule has 10 nitrogen and oxygen atoms in total. The second-order valence-electron chi connectivity index (χ2n) is 13.7. The number of carbonyl (C=O) groups excluding carboxylic acids is 2. The Labute approximate surface area is 301 Å². The Morgan fingerprint density at radius 2 is 1.64 bits per heavy atom. The van der Waals surface area contributed by atoms with Gasteiger partial charge in [0.2, 0.25) is 10.0 Å². The van der Waals surface area contributed by atoms with Gasteiger partial charge < -0.3 is 20.1 Å². The van der Waals surface area contributed by atoms with E-state index in [1.807, 2.05) is 0 Å². The third kappa shape index (κ3) is 8.70. The van der Waals surface area contributed by atoms with Crippen molar-refractivity contribution in [3.63, 3.8) is 0 Å². The highest BCUT2D eigenvalue weighted by atomic mass is 32.2. The normalized spacial score (nSPS) is 19.5. The molecule has 53 heavy (non-hydrogen) atoms. The Morgan fingerprint density at radius 3 is 2.23 bits per heavy atom. The third-order valence-electron chi connectivity index (χ3n) is 9.88. The van der Waals surface area contributed by atoms with Crippen molar-refractivity contribution >= 4 is 33.7 Å². The number of amides is 2. The lowest BCUT2D eigenvalue weighted by molar-refractivity contribution is -0.284. The van der Waals surface area contributed by atoms with Crippen molar-refractivity contribution in [2.45, 2.75) is 75.6 Å². The summed E-state index contributed by atoms with van der Waals surface area (Å²) in [6.45, 7) is 2.26. The molecule has 0 aromatic heterocycles. The van der Waals surface area contributed by atoms with Gasteiger partial charge in [-0.25, -0.2) is 17.2 Å². The van der Waals surface area contributed by atoms with Crippen molar-refractivity contribution in [3.8, 4) is 5.75 Å². The number of nitrogens with zero attached hydrogens (tertiary/aromatic N) is 3. The van der Waals surface area contributed by atoms with Crippen molar-refractivity contribution in [1.82, 2.24) is 14.5 Å². The summed E-state index contributed by atoms with van der Waals surface area (Å²) >= 11 is 0. The molecule has 3 heterocycles. The number of ether oxygens (including phenoxy) is 1. The van der Waals surface area contributed by atoms with Gasteiger partial charge in [-0.3, -0.25) is 14.6 Å². The number of aryl methyl sites for hydroxylation is 2. The van der Waals surface area contributed by atoms with E-state index in [2.05, 4.69) is 10.3 Å². The van der Waals surface area contributed by atoms with E-state index in [9.17, 15) is 53.8 Å². The van der Waals surface area contributed by atoms with Crippen molar-refractivity contribution in [1.29, 1.82) is 0 Å². The molecule has 18 heteroatoms. The molecule has 2 N–H and O–H groups in total. The molecule has 0 radical (unpaired) electrons. The molecule has 2 amide bonds. The molecule has 2 fully saturated rings. The highest BCUT2D eigenvalue weighted by Crippen LogP contribution is 2.39. The minimum Gasteiger partial charge on any atom is -0.490 e. The van der Waals surface area contributed by atoms with Crippen molar-refractivity contribution in [2.24, 2.45) is 4.99 Å². The highest BCUT2D eigenvalue weighted by Gasteiger charge is 2.56. The summed E-state index contributed by atoms with van der Waals surface area (Å²) in [7, 11) is -3.97. The van der Waals surface area contributed by atoms with Crippen LogP contribution in [0.1, 0.15) is 71.1 Å². The zero-order valence-corrected chi connectivity index (χ0v) is 29.7. The SMILES string of the molecule is Cc1cc(C(=O)N2CCC(O)(CF)CC2)cc(C)c1C=CS(=O)(=O)N1CCC2(CC1)N=C(c1ccc(F)c(OCCCC(F)(F)C(F)(F)F)c1)NC2=O. The first-order chi connectivity index (χ1) is 24.7. The third-order valence-corrected chi connectivity index (χ3v) is 11.4. The van der Waals surface area contributed by atoms with Gasteiger partial charge in [0.15, 0.2) is 11.6 Å². The fraction of sp³-hybridized carbons (Fsp3) is 0.514. The monoisotopic (exact) mass is 776 g/mol. The lowest BCUT2D eigenvalue weighted by Gasteiger charge is -2.36. The van der Waals surface area contributed by atoms with Crippen LogP contribution in [-0.4, -0.2) is 103 Å². The topological polar surface area (TPSA) is 129 Å². The summed E-state index contributed by atoms with van der Waals surface area (Å²) in [4.78, 5) is 32.3. The van der Waals surface area contributed by atoms with Crippen LogP contribution < -0.4 is 10.1 Å². The van der Waals surface area contributed by atoms with E-state index in [1.54, 1.807) is 30.9 Å². The predicted molar refractivity (Wildman–Crippen MR) is 180 cm³/mol. The summed E-state index contributed by atoms with van der Waals surface area (Å²) < 4.78 is 124. The van der Waals surface area contributed by atoms with Gasteiger partial charge in [0.25, 0.3) is 11.8 Å². The standard InChI is InChI=1S/C35H39F7N4O6S/c1-22-18-25(30(47)45-12-8-32(49,21-36)9-13-45)19-23(2)26(22)6-17-53(50,51)46-14-10-33(11-15-46)31(48)43-29(44-33)24-4-5-27(37)28(20-24)52-16-3-7-34(38,39)35(40,41)42/h4-6,17-20,49H,3,7-16,21H2,1-2H3,(H,43,44,48). The van der Waals surface area contributed by atoms with Crippen LogP contribution in [0.15, 0.2) is 40.7 Å². The number of alkyl halides is 6. The molecule has 290 valence electrons. The first-order valence-corrected chi connectivity index (χ1v) is 18.4. The zero-order chi connectivity index (χ0) is 39.0. The van der Waals surface area contributed by atoms with Crippen LogP contribution in [0.25, 0.3) is 6.08 Å². The number of benzene rings is 2. The lowest BCUT2D eigenvalue weighted by Crippen LogP contribution is -2.50. The maximum atomic E-state index is 14.4. The molecule has 0 atom stereocenters. The quantitative estimate of drug-likeness (QED) is 0.231. The van der Waals surface area contributed by atoms with Crippen molar-refractivity contribution in [2.75, 3.05) is 39.5 Å². The average Bonchev–Trinajstić information content (AvgIpc) is 3.41. The lowest BCUT2D eigenvalue weighted by atomic mass is 9.89. The number of aliphatic imine (C=N–C) groups is 1. The van der Waals surface area contributed by atoms with Crippen LogP contribution in [0.2, 0.25) is 0 Å². The van der Waals surface area contributed by atoms with E-state index in [1.165, 1.54) is 16.4 Å². The Morgan fingerprint density at radius 1 is 1.02 bits per heavy atom. The number of sulfonamides is 1. The van der Waals surface area contributed by atoms with E-state index in [0.717, 1.165) is 17.5 Å². The van der Waals surface area contributed by atoms with Crippen LogP contribution in [0.4, 0.5) is 30.7 Å². The molecule has 5 rings (SSSR count). The fourth-order valence-corrected chi connectivity index (χ4v) is 7.70. The molecule has 2 saturated heterocycles. The number of halogens is 7. The number of likely N-dealkylation sites (tertiary alicyclic amines) is 1. The number of hydrogen-bond acceptors (Lipinski definition) is 7. The van der Waals surface area contributed by atoms with Crippen molar-refractivity contribution in [3.05, 3.63) is 69.4 Å². The summed E-state index contributed by atoms with van der Waals surface area (Å²) in [5, 5.41) is 13.8. The van der Waals surface area contributed by atoms with Gasteiger partial charge in [0.05, 0.1) is 12.2 Å². The Kier molecular flexibility index (Phi) is 11.4. The molecule has 0 aliphatic carbocycles. The Balaban J connectivity index is 1.21. The number of carbonyl (C=O) groups is 2. The summed E-state index contributed by atoms with van der Waals surface area (Å²) in [6, 6.07) is 6.67. The number of nitrogens with one attached hydrogen (secondary N) is 1. The van der Waals surface area contributed by atoms with Gasteiger partial charge in [0.1, 0.15) is 18.0 Å². The minimum atomic E-state index is -5.72. The van der Waals surface area contributed by atoms with Gasteiger partial charge in [-0.15, -0.1) is 0 Å². The fourth-order valence-electron chi connectivity index (χ4n) is 6.53. The summed E-state index contributed by atoms with van der Waals surface area (Å²) in [5.41, 5.74) is -0.281. The maximum Gasteiger partial charge on any atom is 0.453 e. The minimum absolute atomic E-state index is 0.0153. The number of hydrogen-bond donors (Lipinski definition) is 2. The van der Waals surface area contributed by atoms with Crippen LogP contribution in [0, 0.1) is 19.7 Å². The summed E-state index contributed by atoms with van der Waals surface area (Å²) in [6.07, 6.45) is -6.25. The smallest absolute Gasteiger partial charge is 0.453 e. The largest absolute Gasteiger partial charge is 0.490 e. The van der Waals surface area contributed by atoms with Gasteiger partial charge in [-0.2, -0.15) is 26.3 Å². The van der Waals surface area contributed by atoms with E-state index in [0.29, 0.717) is 22.3 Å². The van der Waals surface area contributed by atoms with Crippen LogP contribution in [-0.2, 0) is 14.8 Å². The van der Waals surface area contributed by atoms with E-state index >= 15 is 0 Å². The Bertz CT molecular complexity index is 1880. The Hall–Kier alpha value is -4.03. The molecule has 1 spiro atoms. The highest BCUT2D eigenvalue weighted by molar-refractivity contribution is 7.92. The van der Waals surface area contributed by atoms with E-state index < -0.39 is 76.9 Å². The number of aliphatic hydroxyl groups is 1. The van der Waals surface area contributed by atoms with E-state index in [4.69, 9.17) is 4.74 Å². The first-order valence-electron chi connectivity index (χ1n) is 16.8. The van der Waals surface area contributed by atoms with Crippen LogP contribution in [0.5, 0.6) is 5.75 Å². The molecule has 3 aliphatic heterocycles. The number of rotatable bonds is 11. The molecule has 0 unspecified atom stereocenters. The van der Waals surface area contributed by atoms with Gasteiger partial charge in [-0.1, -0.05) is 0 Å². The number of amidine groups is 1. The van der Waals surface area contributed by atoms with Gasteiger partial charge in [0, 0.05) is 49.1 Å². The molecule has 0 bridgehead atoms. The summed E-state index contributed by atoms with van der Waals surface area (Å²) in [5.74, 6) is -7.02. The van der Waals surface area contributed by atoms with Crippen LogP contribution in [0.3, 0.4) is 0 Å². The maximum absolute atomic E-state index is 14.4. The van der Waals surface area contributed by atoms with Gasteiger partial charge >= 0.3 is 12.1 Å².